The number of carbonyl (C=O) groups is 1. The van der Waals surface area contributed by atoms with E-state index in [0.717, 1.165) is 40.0 Å². The van der Waals surface area contributed by atoms with Crippen LogP contribution in [0, 0.1) is 11.6 Å². The fourth-order valence-corrected chi connectivity index (χ4v) is 3.64. The minimum atomic E-state index is -0.943. The van der Waals surface area contributed by atoms with Crippen molar-refractivity contribution in [1.82, 2.24) is 25.6 Å². The summed E-state index contributed by atoms with van der Waals surface area (Å²) in [5.74, 6) is -2.16. The van der Waals surface area contributed by atoms with Gasteiger partial charge in [-0.3, -0.25) is 9.78 Å². The fraction of sp³-hybridized carbons (Fsp3) is 0.148. The van der Waals surface area contributed by atoms with E-state index in [2.05, 4.69) is 25.6 Å². The van der Waals surface area contributed by atoms with Crippen molar-refractivity contribution in [2.75, 3.05) is 6.54 Å². The van der Waals surface area contributed by atoms with Gasteiger partial charge in [0.1, 0.15) is 5.65 Å². The van der Waals surface area contributed by atoms with Crippen molar-refractivity contribution in [3.05, 3.63) is 108 Å². The highest BCUT2D eigenvalue weighted by molar-refractivity contribution is 5.94. The van der Waals surface area contributed by atoms with E-state index in [0.29, 0.717) is 24.2 Å². The van der Waals surface area contributed by atoms with E-state index in [-0.39, 0.29) is 12.5 Å². The number of aromatic nitrogens is 3. The fourth-order valence-electron chi connectivity index (χ4n) is 3.64. The molecule has 3 heterocycles. The van der Waals surface area contributed by atoms with E-state index in [4.69, 9.17) is 0 Å². The maximum absolute atomic E-state index is 13.4. The van der Waals surface area contributed by atoms with Gasteiger partial charge in [0.05, 0.1) is 5.69 Å². The summed E-state index contributed by atoms with van der Waals surface area (Å²) < 4.78 is 26.5. The topological polar surface area (TPSA) is 82.7 Å². The number of halogens is 2. The van der Waals surface area contributed by atoms with Crippen LogP contribution in [0.15, 0.2) is 84.9 Å². The number of hydrogen-bond acceptors (Lipinski definition) is 4. The van der Waals surface area contributed by atoms with E-state index in [1.807, 2.05) is 43.5 Å². The monoisotopic (exact) mass is 473 g/mol. The van der Waals surface area contributed by atoms with Crippen molar-refractivity contribution in [2.45, 2.75) is 20.0 Å². The van der Waals surface area contributed by atoms with Gasteiger partial charge in [-0.25, -0.2) is 13.8 Å². The number of H-pyrrole nitrogens is 1. The van der Waals surface area contributed by atoms with Gasteiger partial charge in [-0.05, 0) is 54.4 Å². The van der Waals surface area contributed by atoms with Crippen LogP contribution in [0.5, 0.6) is 0 Å². The normalized spacial score (nSPS) is 11.9. The van der Waals surface area contributed by atoms with Crippen LogP contribution in [0.25, 0.3) is 22.2 Å². The minimum Gasteiger partial charge on any atom is -0.348 e. The average Bonchev–Trinajstić information content (AvgIpc) is 3.31. The largest absolute Gasteiger partial charge is 0.348 e. The van der Waals surface area contributed by atoms with Crippen molar-refractivity contribution in [2.24, 2.45) is 0 Å². The Bertz CT molecular complexity index is 1390. The molecule has 0 aliphatic rings. The van der Waals surface area contributed by atoms with Gasteiger partial charge in [-0.15, -0.1) is 0 Å². The number of carbonyl (C=O) groups excluding carboxylic acids is 1. The second-order valence-electron chi connectivity index (χ2n) is 7.89. The molecule has 8 heteroatoms. The third-order valence-corrected chi connectivity index (χ3v) is 5.42. The average molecular weight is 474 g/mol. The van der Waals surface area contributed by atoms with E-state index < -0.39 is 11.6 Å². The maximum atomic E-state index is 13.4. The molecule has 0 spiro atoms. The Morgan fingerprint density at radius 3 is 2.77 bits per heavy atom. The van der Waals surface area contributed by atoms with Crippen molar-refractivity contribution < 1.29 is 13.6 Å². The third-order valence-electron chi connectivity index (χ3n) is 5.42. The number of nitrogens with one attached hydrogen (secondary N) is 3. The molecule has 1 amide bonds. The summed E-state index contributed by atoms with van der Waals surface area (Å²) in [6, 6.07) is 11.4. The Kier molecular flexibility index (Phi) is 7.74. The van der Waals surface area contributed by atoms with Crippen molar-refractivity contribution in [3.63, 3.8) is 0 Å². The van der Waals surface area contributed by atoms with Crippen LogP contribution >= 0.6 is 0 Å². The van der Waals surface area contributed by atoms with Gasteiger partial charge >= 0.3 is 0 Å². The van der Waals surface area contributed by atoms with Gasteiger partial charge < -0.3 is 15.6 Å². The molecule has 0 saturated carbocycles. The molecule has 3 N–H and O–H groups in total. The van der Waals surface area contributed by atoms with Crippen LogP contribution in [-0.2, 0) is 17.9 Å². The second-order valence-corrected chi connectivity index (χ2v) is 7.89. The Morgan fingerprint density at radius 1 is 1.06 bits per heavy atom. The number of aromatic amines is 1. The Morgan fingerprint density at radius 2 is 1.94 bits per heavy atom. The molecular weight excluding hydrogens is 448 g/mol. The second kappa shape index (κ2) is 11.3. The first kappa shape index (κ1) is 24.0. The Hall–Kier alpha value is -4.17. The smallest absolute Gasteiger partial charge is 0.248 e. The molecular formula is C27H25F2N5O. The van der Waals surface area contributed by atoms with Crippen LogP contribution in [-0.4, -0.2) is 27.4 Å². The summed E-state index contributed by atoms with van der Waals surface area (Å²) in [7, 11) is 0. The molecule has 0 bridgehead atoms. The van der Waals surface area contributed by atoms with Crippen LogP contribution < -0.4 is 10.6 Å². The first-order valence-corrected chi connectivity index (χ1v) is 11.2. The predicted molar refractivity (Wildman–Crippen MR) is 132 cm³/mol. The molecule has 0 saturated heterocycles. The van der Waals surface area contributed by atoms with Crippen LogP contribution in [0.2, 0.25) is 0 Å². The molecule has 0 atom stereocenters. The molecule has 178 valence electrons. The zero-order valence-electron chi connectivity index (χ0n) is 19.2. The lowest BCUT2D eigenvalue weighted by Gasteiger charge is -2.11. The summed E-state index contributed by atoms with van der Waals surface area (Å²) in [4.78, 5) is 24.7. The molecule has 4 aromatic rings. The van der Waals surface area contributed by atoms with Crippen LogP contribution in [0.1, 0.15) is 18.2 Å². The number of pyridine rings is 2. The molecule has 0 aliphatic carbocycles. The van der Waals surface area contributed by atoms with Crippen LogP contribution in [0.3, 0.4) is 0 Å². The highest BCUT2D eigenvalue weighted by Crippen LogP contribution is 2.27. The zero-order chi connectivity index (χ0) is 24.6. The number of rotatable bonds is 9. The van der Waals surface area contributed by atoms with Gasteiger partial charge in [0.15, 0.2) is 11.6 Å². The molecule has 3 aromatic heterocycles. The lowest BCUT2D eigenvalue weighted by atomic mass is 10.1. The lowest BCUT2D eigenvalue weighted by Crippen LogP contribution is -2.30. The lowest BCUT2D eigenvalue weighted by molar-refractivity contribution is -0.117. The van der Waals surface area contributed by atoms with Gasteiger partial charge in [0, 0.05) is 54.7 Å². The maximum Gasteiger partial charge on any atom is 0.248 e. The highest BCUT2D eigenvalue weighted by atomic mass is 19.2. The van der Waals surface area contributed by atoms with Crippen molar-refractivity contribution >= 4 is 16.9 Å². The van der Waals surface area contributed by atoms with Crippen LogP contribution in [0.4, 0.5) is 8.78 Å². The van der Waals surface area contributed by atoms with E-state index in [1.54, 1.807) is 24.5 Å². The van der Waals surface area contributed by atoms with E-state index >= 15 is 0 Å². The molecule has 0 fully saturated rings. The van der Waals surface area contributed by atoms with Gasteiger partial charge in [0.2, 0.25) is 5.91 Å². The standard InChI is InChI=1S/C27H25F2N5O/c1-2-3-5-20(27(35)34-14-18-7-8-24(28)25(29)12-18)15-30-16-21-13-19(9-11-31-21)23-17-33-26-22(23)6-4-10-32-26/h2-13,17,30H,14-16H2,1H3,(H,32,33)(H,34,35)/b3-2-,20-5+. The molecule has 6 nitrogen and oxygen atoms in total. The number of allylic oxidation sites excluding steroid dienone is 3. The van der Waals surface area contributed by atoms with Gasteiger partial charge in [-0.1, -0.05) is 24.3 Å². The number of amides is 1. The first-order chi connectivity index (χ1) is 17.0. The molecule has 35 heavy (non-hydrogen) atoms. The molecule has 0 radical (unpaired) electrons. The summed E-state index contributed by atoms with van der Waals surface area (Å²) in [5, 5.41) is 7.05. The molecule has 1 aromatic carbocycles. The molecule has 4 rings (SSSR count). The Balaban J connectivity index is 1.38. The van der Waals surface area contributed by atoms with Crippen molar-refractivity contribution in [1.29, 1.82) is 0 Å². The quantitative estimate of drug-likeness (QED) is 0.241. The predicted octanol–water partition coefficient (Wildman–Crippen LogP) is 4.81. The first-order valence-electron chi connectivity index (χ1n) is 11.2. The number of benzene rings is 1. The molecule has 0 unspecified atom stereocenters. The summed E-state index contributed by atoms with van der Waals surface area (Å²) in [6.07, 6.45) is 10.8. The van der Waals surface area contributed by atoms with Gasteiger partial charge in [-0.2, -0.15) is 0 Å². The minimum absolute atomic E-state index is 0.0896. The van der Waals surface area contributed by atoms with Crippen molar-refractivity contribution in [3.8, 4) is 11.1 Å². The Labute approximate surface area is 201 Å². The number of hydrogen-bond donors (Lipinski definition) is 3. The highest BCUT2D eigenvalue weighted by Gasteiger charge is 2.11. The van der Waals surface area contributed by atoms with E-state index in [9.17, 15) is 13.6 Å². The summed E-state index contributed by atoms with van der Waals surface area (Å²) >= 11 is 0. The van der Waals surface area contributed by atoms with Gasteiger partial charge in [0.25, 0.3) is 0 Å². The summed E-state index contributed by atoms with van der Waals surface area (Å²) in [6.45, 7) is 2.71. The zero-order valence-corrected chi connectivity index (χ0v) is 19.2. The number of nitrogens with zero attached hydrogens (tertiary/aromatic N) is 2. The third kappa shape index (κ3) is 6.04. The van der Waals surface area contributed by atoms with E-state index in [1.165, 1.54) is 6.07 Å². The summed E-state index contributed by atoms with van der Waals surface area (Å²) in [5.41, 5.74) is 4.70. The molecule has 0 aliphatic heterocycles. The SMILES string of the molecule is C/C=C\C=C(/CNCc1cc(-c2c[nH]c3ncccc23)ccn1)C(=O)NCc1ccc(F)c(F)c1. The number of fused-ring (bicyclic) bond motifs is 1.